The highest BCUT2D eigenvalue weighted by Gasteiger charge is 2.25. The van der Waals surface area contributed by atoms with Crippen molar-refractivity contribution in [3.63, 3.8) is 0 Å². The Kier molecular flexibility index (Phi) is 4.39. The third kappa shape index (κ3) is 3.46. The maximum Gasteiger partial charge on any atom is 0.252 e. The van der Waals surface area contributed by atoms with Gasteiger partial charge in [-0.25, -0.2) is 0 Å². The van der Waals surface area contributed by atoms with Gasteiger partial charge in [0.25, 0.3) is 5.91 Å². The largest absolute Gasteiger partial charge is 0.488 e. The highest BCUT2D eigenvalue weighted by Crippen LogP contribution is 2.23. The minimum atomic E-state index is -0.449. The Balaban J connectivity index is 1.61. The van der Waals surface area contributed by atoms with Crippen molar-refractivity contribution >= 4 is 5.91 Å². The Morgan fingerprint density at radius 3 is 2.64 bits per heavy atom. The first-order valence-electron chi connectivity index (χ1n) is 7.54. The van der Waals surface area contributed by atoms with Crippen LogP contribution >= 0.6 is 0 Å². The molecule has 1 heterocycles. The Morgan fingerprint density at radius 1 is 1.14 bits per heavy atom. The number of rotatable bonds is 5. The van der Waals surface area contributed by atoms with Crippen LogP contribution in [0, 0.1) is 0 Å². The van der Waals surface area contributed by atoms with Crippen LogP contribution in [0.5, 0.6) is 5.75 Å². The van der Waals surface area contributed by atoms with E-state index in [0.29, 0.717) is 11.3 Å². The lowest BCUT2D eigenvalue weighted by Gasteiger charge is -2.18. The van der Waals surface area contributed by atoms with Gasteiger partial charge in [-0.3, -0.25) is 9.69 Å². The summed E-state index contributed by atoms with van der Waals surface area (Å²) in [6.07, 6.45) is 1.06. The summed E-state index contributed by atoms with van der Waals surface area (Å²) in [5, 5.41) is 0. The van der Waals surface area contributed by atoms with Crippen LogP contribution in [0.1, 0.15) is 22.3 Å². The summed E-state index contributed by atoms with van der Waals surface area (Å²) in [6, 6.07) is 17.6. The Labute approximate surface area is 130 Å². The molecule has 1 aliphatic rings. The summed E-state index contributed by atoms with van der Waals surface area (Å²) in [4.78, 5) is 13.8. The van der Waals surface area contributed by atoms with E-state index in [-0.39, 0.29) is 6.10 Å². The predicted molar refractivity (Wildman–Crippen MR) is 85.7 cm³/mol. The molecule has 3 rings (SSSR count). The lowest BCUT2D eigenvalue weighted by Crippen LogP contribution is -2.25. The molecule has 2 N–H and O–H groups in total. The van der Waals surface area contributed by atoms with Gasteiger partial charge in [0, 0.05) is 19.6 Å². The van der Waals surface area contributed by atoms with Crippen LogP contribution in [0.4, 0.5) is 0 Å². The average molecular weight is 296 g/mol. The fourth-order valence-electron chi connectivity index (χ4n) is 2.83. The molecule has 0 radical (unpaired) electrons. The smallest absolute Gasteiger partial charge is 0.252 e. The van der Waals surface area contributed by atoms with E-state index in [2.05, 4.69) is 29.2 Å². The van der Waals surface area contributed by atoms with Gasteiger partial charge in [0.15, 0.2) is 0 Å². The number of carbonyl (C=O) groups excluding carboxylic acids is 1. The van der Waals surface area contributed by atoms with Crippen LogP contribution < -0.4 is 10.5 Å². The quantitative estimate of drug-likeness (QED) is 0.922. The molecule has 0 aromatic heterocycles. The molecule has 1 saturated heterocycles. The lowest BCUT2D eigenvalue weighted by molar-refractivity contribution is 0.0993. The first kappa shape index (κ1) is 14.6. The molecule has 1 aliphatic heterocycles. The maximum absolute atomic E-state index is 11.4. The minimum Gasteiger partial charge on any atom is -0.488 e. The van der Waals surface area contributed by atoms with Crippen LogP contribution in [0.25, 0.3) is 0 Å². The standard InChI is InChI=1S/C18H20N2O2/c19-18(21)16-8-4-5-9-17(16)22-15-10-11-20(13-15)12-14-6-2-1-3-7-14/h1-9,15H,10-13H2,(H2,19,21)/t15-/m1/s1. The van der Waals surface area contributed by atoms with E-state index in [9.17, 15) is 4.79 Å². The zero-order chi connectivity index (χ0) is 15.4. The van der Waals surface area contributed by atoms with Crippen molar-refractivity contribution in [1.82, 2.24) is 4.90 Å². The molecule has 0 saturated carbocycles. The molecule has 0 bridgehead atoms. The highest BCUT2D eigenvalue weighted by molar-refractivity contribution is 5.95. The topological polar surface area (TPSA) is 55.6 Å². The van der Waals surface area contributed by atoms with Crippen molar-refractivity contribution in [2.45, 2.75) is 19.1 Å². The van der Waals surface area contributed by atoms with Crippen LogP contribution in [0.3, 0.4) is 0 Å². The Hall–Kier alpha value is -2.33. The van der Waals surface area contributed by atoms with Crippen LogP contribution in [0.2, 0.25) is 0 Å². The second kappa shape index (κ2) is 6.62. The number of likely N-dealkylation sites (tertiary alicyclic amines) is 1. The molecule has 4 nitrogen and oxygen atoms in total. The summed E-state index contributed by atoms with van der Waals surface area (Å²) in [5.41, 5.74) is 7.14. The van der Waals surface area contributed by atoms with E-state index < -0.39 is 5.91 Å². The first-order chi connectivity index (χ1) is 10.7. The van der Waals surface area contributed by atoms with E-state index >= 15 is 0 Å². The van der Waals surface area contributed by atoms with Crippen molar-refractivity contribution in [2.75, 3.05) is 13.1 Å². The normalized spacial score (nSPS) is 18.3. The molecule has 4 heteroatoms. The molecule has 2 aromatic rings. The van der Waals surface area contributed by atoms with Gasteiger partial charge in [-0.2, -0.15) is 0 Å². The van der Waals surface area contributed by atoms with Crippen molar-refractivity contribution in [3.8, 4) is 5.75 Å². The third-order valence-electron chi connectivity index (χ3n) is 3.92. The van der Waals surface area contributed by atoms with Crippen LogP contribution in [-0.4, -0.2) is 30.0 Å². The molecule has 22 heavy (non-hydrogen) atoms. The molecule has 2 aromatic carbocycles. The van der Waals surface area contributed by atoms with Gasteiger partial charge in [0.2, 0.25) is 0 Å². The SMILES string of the molecule is NC(=O)c1ccccc1O[C@@H]1CCN(Cc2ccccc2)C1. The fourth-order valence-corrected chi connectivity index (χ4v) is 2.83. The van der Waals surface area contributed by atoms with E-state index in [1.165, 1.54) is 5.56 Å². The molecule has 0 spiro atoms. The summed E-state index contributed by atoms with van der Waals surface area (Å²) < 4.78 is 5.99. The number of primary amides is 1. The molecule has 114 valence electrons. The molecular weight excluding hydrogens is 276 g/mol. The Bertz CT molecular complexity index is 643. The number of hydrogen-bond acceptors (Lipinski definition) is 3. The molecular formula is C18H20N2O2. The fraction of sp³-hybridized carbons (Fsp3) is 0.278. The molecule has 1 atom stereocenters. The second-order valence-corrected chi connectivity index (χ2v) is 5.61. The zero-order valence-electron chi connectivity index (χ0n) is 12.4. The summed E-state index contributed by atoms with van der Waals surface area (Å²) in [5.74, 6) is 0.135. The van der Waals surface area contributed by atoms with Crippen molar-refractivity contribution in [3.05, 3.63) is 65.7 Å². The Morgan fingerprint density at radius 2 is 1.86 bits per heavy atom. The van der Waals surface area contributed by atoms with Gasteiger partial charge in [-0.05, 0) is 24.1 Å². The van der Waals surface area contributed by atoms with Crippen molar-refractivity contribution in [1.29, 1.82) is 0 Å². The van der Waals surface area contributed by atoms with Crippen molar-refractivity contribution < 1.29 is 9.53 Å². The number of para-hydroxylation sites is 1. The molecule has 0 aliphatic carbocycles. The third-order valence-corrected chi connectivity index (χ3v) is 3.92. The number of hydrogen-bond donors (Lipinski definition) is 1. The van der Waals surface area contributed by atoms with Gasteiger partial charge in [-0.1, -0.05) is 42.5 Å². The van der Waals surface area contributed by atoms with Crippen LogP contribution in [-0.2, 0) is 6.54 Å². The minimum absolute atomic E-state index is 0.101. The van der Waals surface area contributed by atoms with Gasteiger partial charge in [0.1, 0.15) is 11.9 Å². The molecule has 1 amide bonds. The number of ether oxygens (including phenoxy) is 1. The van der Waals surface area contributed by atoms with E-state index in [1.54, 1.807) is 18.2 Å². The lowest BCUT2D eigenvalue weighted by atomic mass is 10.2. The number of amides is 1. The van der Waals surface area contributed by atoms with Crippen molar-refractivity contribution in [2.24, 2.45) is 5.73 Å². The van der Waals surface area contributed by atoms with E-state index in [1.807, 2.05) is 12.1 Å². The highest BCUT2D eigenvalue weighted by atomic mass is 16.5. The second-order valence-electron chi connectivity index (χ2n) is 5.61. The monoisotopic (exact) mass is 296 g/mol. The van der Waals surface area contributed by atoms with Gasteiger partial charge in [-0.15, -0.1) is 0 Å². The first-order valence-corrected chi connectivity index (χ1v) is 7.54. The summed E-state index contributed by atoms with van der Waals surface area (Å²) in [6.45, 7) is 2.79. The van der Waals surface area contributed by atoms with Gasteiger partial charge in [0.05, 0.1) is 5.56 Å². The zero-order valence-corrected chi connectivity index (χ0v) is 12.4. The summed E-state index contributed by atoms with van der Waals surface area (Å²) >= 11 is 0. The molecule has 1 fully saturated rings. The number of nitrogens with zero attached hydrogens (tertiary/aromatic N) is 1. The van der Waals surface area contributed by atoms with E-state index in [0.717, 1.165) is 26.1 Å². The van der Waals surface area contributed by atoms with Gasteiger partial charge >= 0.3 is 0 Å². The van der Waals surface area contributed by atoms with Crippen LogP contribution in [0.15, 0.2) is 54.6 Å². The van der Waals surface area contributed by atoms with Gasteiger partial charge < -0.3 is 10.5 Å². The average Bonchev–Trinajstić information content (AvgIpc) is 2.96. The predicted octanol–water partition coefficient (Wildman–Crippen LogP) is 2.44. The van der Waals surface area contributed by atoms with E-state index in [4.69, 9.17) is 10.5 Å². The number of benzene rings is 2. The maximum atomic E-state index is 11.4. The molecule has 0 unspecified atom stereocenters. The number of carbonyl (C=O) groups is 1. The summed E-state index contributed by atoms with van der Waals surface area (Å²) in [7, 11) is 0. The number of nitrogens with two attached hydrogens (primary N) is 1.